The highest BCUT2D eigenvalue weighted by molar-refractivity contribution is 7.13. The van der Waals surface area contributed by atoms with E-state index in [0.717, 1.165) is 48.4 Å². The van der Waals surface area contributed by atoms with E-state index in [1.165, 1.54) is 5.56 Å². The molecule has 3 rings (SSSR count). The van der Waals surface area contributed by atoms with Crippen LogP contribution in [0.5, 0.6) is 0 Å². The lowest BCUT2D eigenvalue weighted by molar-refractivity contribution is 0.583. The molecule has 1 fully saturated rings. The molecular formula is C14H18N4S. The van der Waals surface area contributed by atoms with Crippen molar-refractivity contribution in [1.82, 2.24) is 15.3 Å². The molecule has 0 bridgehead atoms. The van der Waals surface area contributed by atoms with Gasteiger partial charge in [-0.25, -0.2) is 9.97 Å². The molecule has 1 aliphatic rings. The van der Waals surface area contributed by atoms with Gasteiger partial charge in [-0.3, -0.25) is 0 Å². The number of aromatic nitrogens is 2. The van der Waals surface area contributed by atoms with Gasteiger partial charge in [0.15, 0.2) is 5.82 Å². The van der Waals surface area contributed by atoms with Gasteiger partial charge in [0, 0.05) is 37.4 Å². The van der Waals surface area contributed by atoms with Crippen molar-refractivity contribution in [3.05, 3.63) is 28.8 Å². The number of hydrogen-bond donors (Lipinski definition) is 1. The molecule has 0 unspecified atom stereocenters. The summed E-state index contributed by atoms with van der Waals surface area (Å²) < 4.78 is 0. The molecule has 1 N–H and O–H groups in total. The van der Waals surface area contributed by atoms with E-state index in [9.17, 15) is 0 Å². The second kappa shape index (κ2) is 5.27. The highest BCUT2D eigenvalue weighted by Gasteiger charge is 2.17. The Kier molecular flexibility index (Phi) is 3.48. The first kappa shape index (κ1) is 12.6. The molecule has 2 aromatic heterocycles. The van der Waals surface area contributed by atoms with Crippen LogP contribution in [0.4, 0.5) is 5.82 Å². The summed E-state index contributed by atoms with van der Waals surface area (Å²) in [5.41, 5.74) is 2.27. The largest absolute Gasteiger partial charge is 0.354 e. The number of nitrogens with zero attached hydrogens (tertiary/aromatic N) is 3. The quantitative estimate of drug-likeness (QED) is 0.912. The van der Waals surface area contributed by atoms with Gasteiger partial charge in [-0.15, -0.1) is 11.3 Å². The summed E-state index contributed by atoms with van der Waals surface area (Å²) in [6.45, 7) is 8.26. The smallest absolute Gasteiger partial charge is 0.171 e. The first-order valence-electron chi connectivity index (χ1n) is 6.60. The van der Waals surface area contributed by atoms with E-state index >= 15 is 0 Å². The van der Waals surface area contributed by atoms with E-state index in [-0.39, 0.29) is 0 Å². The third-order valence-corrected chi connectivity index (χ3v) is 4.39. The van der Waals surface area contributed by atoms with E-state index in [1.807, 2.05) is 6.07 Å². The summed E-state index contributed by atoms with van der Waals surface area (Å²) in [4.78, 5) is 12.9. The van der Waals surface area contributed by atoms with Crippen molar-refractivity contribution in [2.45, 2.75) is 13.8 Å². The third kappa shape index (κ3) is 2.48. The van der Waals surface area contributed by atoms with E-state index in [2.05, 4.69) is 40.5 Å². The lowest BCUT2D eigenvalue weighted by atomic mass is 10.2. The molecule has 0 atom stereocenters. The van der Waals surface area contributed by atoms with Crippen LogP contribution in [-0.4, -0.2) is 36.1 Å². The first-order chi connectivity index (χ1) is 9.25. The molecule has 2 aromatic rings. The number of anilines is 1. The molecule has 0 aromatic carbocycles. The molecule has 0 amide bonds. The molecule has 1 saturated heterocycles. The number of rotatable bonds is 2. The van der Waals surface area contributed by atoms with Crippen LogP contribution >= 0.6 is 11.3 Å². The maximum absolute atomic E-state index is 4.80. The van der Waals surface area contributed by atoms with Gasteiger partial charge in [-0.05, 0) is 25.3 Å². The topological polar surface area (TPSA) is 41.1 Å². The number of thiophene rings is 1. The number of piperazine rings is 1. The SMILES string of the molecule is Cc1nc(-c2cccs2)nc(N2CCNCC2)c1C. The summed E-state index contributed by atoms with van der Waals surface area (Å²) in [7, 11) is 0. The molecule has 1 aliphatic heterocycles. The maximum atomic E-state index is 4.80. The van der Waals surface area contributed by atoms with Crippen molar-refractivity contribution >= 4 is 17.2 Å². The van der Waals surface area contributed by atoms with Crippen molar-refractivity contribution in [3.63, 3.8) is 0 Å². The standard InChI is InChI=1S/C14H18N4S/c1-10-11(2)16-13(12-4-3-9-19-12)17-14(10)18-7-5-15-6-8-18/h3-4,9,15H,5-8H2,1-2H3. The Bertz CT molecular complexity index is 559. The van der Waals surface area contributed by atoms with Crippen LogP contribution < -0.4 is 10.2 Å². The molecule has 0 radical (unpaired) electrons. The number of nitrogens with one attached hydrogen (secondary N) is 1. The van der Waals surface area contributed by atoms with Gasteiger partial charge in [0.2, 0.25) is 0 Å². The monoisotopic (exact) mass is 274 g/mol. The minimum absolute atomic E-state index is 0.853. The summed E-state index contributed by atoms with van der Waals surface area (Å²) >= 11 is 1.69. The van der Waals surface area contributed by atoms with Gasteiger partial charge < -0.3 is 10.2 Å². The van der Waals surface area contributed by atoms with E-state index in [1.54, 1.807) is 11.3 Å². The van der Waals surface area contributed by atoms with Crippen LogP contribution in [0.25, 0.3) is 10.7 Å². The minimum atomic E-state index is 0.853. The summed E-state index contributed by atoms with van der Waals surface area (Å²) in [6.07, 6.45) is 0. The zero-order chi connectivity index (χ0) is 13.2. The van der Waals surface area contributed by atoms with Gasteiger partial charge in [0.25, 0.3) is 0 Å². The van der Waals surface area contributed by atoms with E-state index in [0.29, 0.717) is 0 Å². The number of aryl methyl sites for hydroxylation is 1. The lowest BCUT2D eigenvalue weighted by Crippen LogP contribution is -2.44. The molecule has 5 heteroatoms. The fourth-order valence-electron chi connectivity index (χ4n) is 2.31. The minimum Gasteiger partial charge on any atom is -0.354 e. The second-order valence-electron chi connectivity index (χ2n) is 4.80. The van der Waals surface area contributed by atoms with Crippen LogP contribution in [0.2, 0.25) is 0 Å². The molecule has 0 saturated carbocycles. The van der Waals surface area contributed by atoms with Crippen molar-refractivity contribution < 1.29 is 0 Å². The Hall–Kier alpha value is -1.46. The van der Waals surface area contributed by atoms with Crippen LogP contribution in [-0.2, 0) is 0 Å². The highest BCUT2D eigenvalue weighted by Crippen LogP contribution is 2.27. The molecule has 4 nitrogen and oxygen atoms in total. The van der Waals surface area contributed by atoms with Gasteiger partial charge in [-0.1, -0.05) is 6.07 Å². The van der Waals surface area contributed by atoms with Crippen molar-refractivity contribution in [1.29, 1.82) is 0 Å². The summed E-state index contributed by atoms with van der Waals surface area (Å²) in [5, 5.41) is 5.45. The Morgan fingerprint density at radius 2 is 2.00 bits per heavy atom. The van der Waals surface area contributed by atoms with E-state index < -0.39 is 0 Å². The summed E-state index contributed by atoms with van der Waals surface area (Å²) in [6, 6.07) is 4.12. The average molecular weight is 274 g/mol. The van der Waals surface area contributed by atoms with Crippen LogP contribution in [0.15, 0.2) is 17.5 Å². The Morgan fingerprint density at radius 3 is 2.68 bits per heavy atom. The van der Waals surface area contributed by atoms with Crippen molar-refractivity contribution in [3.8, 4) is 10.7 Å². The highest BCUT2D eigenvalue weighted by atomic mass is 32.1. The second-order valence-corrected chi connectivity index (χ2v) is 5.74. The molecule has 0 aliphatic carbocycles. The van der Waals surface area contributed by atoms with Gasteiger partial charge in [0.05, 0.1) is 4.88 Å². The van der Waals surface area contributed by atoms with Crippen LogP contribution in [0, 0.1) is 13.8 Å². The first-order valence-corrected chi connectivity index (χ1v) is 7.48. The van der Waals surface area contributed by atoms with Gasteiger partial charge in [0.1, 0.15) is 5.82 Å². The fraction of sp³-hybridized carbons (Fsp3) is 0.429. The van der Waals surface area contributed by atoms with Crippen LogP contribution in [0.1, 0.15) is 11.3 Å². The predicted molar refractivity (Wildman–Crippen MR) is 79.9 cm³/mol. The molecule has 0 spiro atoms. The van der Waals surface area contributed by atoms with Crippen molar-refractivity contribution in [2.75, 3.05) is 31.1 Å². The fourth-order valence-corrected chi connectivity index (χ4v) is 2.97. The molecule has 100 valence electrons. The molecule has 19 heavy (non-hydrogen) atoms. The normalized spacial score (nSPS) is 15.8. The predicted octanol–water partition coefficient (Wildman–Crippen LogP) is 2.23. The lowest BCUT2D eigenvalue weighted by Gasteiger charge is -2.30. The Balaban J connectivity index is 2.02. The van der Waals surface area contributed by atoms with Gasteiger partial charge >= 0.3 is 0 Å². The number of hydrogen-bond acceptors (Lipinski definition) is 5. The van der Waals surface area contributed by atoms with Crippen LogP contribution in [0.3, 0.4) is 0 Å². The third-order valence-electron chi connectivity index (χ3n) is 3.52. The zero-order valence-electron chi connectivity index (χ0n) is 11.3. The Morgan fingerprint density at radius 1 is 1.21 bits per heavy atom. The van der Waals surface area contributed by atoms with Gasteiger partial charge in [-0.2, -0.15) is 0 Å². The Labute approximate surface area is 117 Å². The summed E-state index contributed by atoms with van der Waals surface area (Å²) in [5.74, 6) is 1.95. The molecule has 3 heterocycles. The van der Waals surface area contributed by atoms with E-state index in [4.69, 9.17) is 4.98 Å². The maximum Gasteiger partial charge on any atom is 0.171 e. The average Bonchev–Trinajstić information content (AvgIpc) is 2.97. The van der Waals surface area contributed by atoms with Crippen molar-refractivity contribution in [2.24, 2.45) is 0 Å². The zero-order valence-corrected chi connectivity index (χ0v) is 12.1. The molecular weight excluding hydrogens is 256 g/mol.